The van der Waals surface area contributed by atoms with Gasteiger partial charge in [0.2, 0.25) is 4.96 Å². The Morgan fingerprint density at radius 3 is 2.40 bits per heavy atom. The molecule has 0 radical (unpaired) electrons. The van der Waals surface area contributed by atoms with Crippen LogP contribution >= 0.6 is 11.3 Å². The van der Waals surface area contributed by atoms with Crippen LogP contribution in [0.2, 0.25) is 0 Å². The van der Waals surface area contributed by atoms with E-state index < -0.39 is 23.9 Å². The molecule has 35 heavy (non-hydrogen) atoms. The molecule has 1 aliphatic carbocycles. The number of hydrogen-bond donors (Lipinski definition) is 1. The Labute approximate surface area is 204 Å². The fraction of sp³-hybridized carbons (Fsp3) is 0.192. The molecule has 1 saturated carbocycles. The van der Waals surface area contributed by atoms with Crippen LogP contribution in [0.4, 0.5) is 4.79 Å². The quantitative estimate of drug-likeness (QED) is 0.332. The van der Waals surface area contributed by atoms with Gasteiger partial charge in [-0.3, -0.25) is 19.8 Å². The SMILES string of the molecule is C[C@H](c1ccccc1)N1C(=O)NC(=O)/C(=C/c2c(-c3ccccc3)nc3sc(C4CC4)nn23)C1=O. The third-order valence-corrected chi connectivity index (χ3v) is 7.38. The van der Waals surface area contributed by atoms with Gasteiger partial charge in [-0.25, -0.2) is 14.3 Å². The zero-order valence-electron chi connectivity index (χ0n) is 18.8. The first-order chi connectivity index (χ1) is 17.0. The molecule has 0 bridgehead atoms. The van der Waals surface area contributed by atoms with Gasteiger partial charge in [0.1, 0.15) is 10.6 Å². The van der Waals surface area contributed by atoms with Gasteiger partial charge in [-0.05, 0) is 31.4 Å². The van der Waals surface area contributed by atoms with Crippen LogP contribution in [0.5, 0.6) is 0 Å². The fourth-order valence-electron chi connectivity index (χ4n) is 4.25. The second kappa shape index (κ2) is 8.28. The van der Waals surface area contributed by atoms with Gasteiger partial charge in [0.25, 0.3) is 11.8 Å². The molecule has 4 aromatic rings. The second-order valence-electron chi connectivity index (χ2n) is 8.70. The van der Waals surface area contributed by atoms with Gasteiger partial charge >= 0.3 is 6.03 Å². The van der Waals surface area contributed by atoms with Gasteiger partial charge in [0.15, 0.2) is 0 Å². The number of aromatic nitrogens is 3. The number of rotatable bonds is 5. The van der Waals surface area contributed by atoms with Crippen molar-refractivity contribution in [2.24, 2.45) is 0 Å². The van der Waals surface area contributed by atoms with Crippen molar-refractivity contribution in [2.75, 3.05) is 0 Å². The molecule has 2 fully saturated rings. The van der Waals surface area contributed by atoms with Crippen LogP contribution in [0.1, 0.15) is 48.0 Å². The molecule has 2 aliphatic rings. The summed E-state index contributed by atoms with van der Waals surface area (Å²) >= 11 is 1.53. The molecule has 0 unspecified atom stereocenters. The molecule has 1 saturated heterocycles. The first-order valence-electron chi connectivity index (χ1n) is 11.4. The fourth-order valence-corrected chi connectivity index (χ4v) is 5.33. The summed E-state index contributed by atoms with van der Waals surface area (Å²) in [6, 6.07) is 17.5. The highest BCUT2D eigenvalue weighted by Crippen LogP contribution is 2.42. The Bertz CT molecular complexity index is 1500. The van der Waals surface area contributed by atoms with Crippen molar-refractivity contribution in [1.29, 1.82) is 0 Å². The van der Waals surface area contributed by atoms with E-state index in [2.05, 4.69) is 5.32 Å². The maximum Gasteiger partial charge on any atom is 0.331 e. The van der Waals surface area contributed by atoms with Gasteiger partial charge in [-0.1, -0.05) is 72.0 Å². The zero-order chi connectivity index (χ0) is 24.1. The van der Waals surface area contributed by atoms with Crippen LogP contribution in [0.25, 0.3) is 22.3 Å². The first-order valence-corrected chi connectivity index (χ1v) is 12.2. The summed E-state index contributed by atoms with van der Waals surface area (Å²) in [6.07, 6.45) is 3.72. The number of fused-ring (bicyclic) bond motifs is 1. The number of imide groups is 2. The highest BCUT2D eigenvalue weighted by molar-refractivity contribution is 7.16. The van der Waals surface area contributed by atoms with Crippen LogP contribution in [0, 0.1) is 0 Å². The van der Waals surface area contributed by atoms with Crippen LogP contribution in [0.15, 0.2) is 66.2 Å². The highest BCUT2D eigenvalue weighted by atomic mass is 32.1. The molecule has 9 heteroatoms. The lowest BCUT2D eigenvalue weighted by atomic mass is 10.0. The minimum Gasteiger partial charge on any atom is -0.273 e. The Hall–Kier alpha value is -4.11. The monoisotopic (exact) mass is 483 g/mol. The summed E-state index contributed by atoms with van der Waals surface area (Å²) in [5, 5.41) is 8.08. The second-order valence-corrected chi connectivity index (χ2v) is 9.69. The van der Waals surface area contributed by atoms with Crippen molar-refractivity contribution < 1.29 is 14.4 Å². The minimum atomic E-state index is -0.736. The predicted molar refractivity (Wildman–Crippen MR) is 131 cm³/mol. The Morgan fingerprint density at radius 1 is 1.03 bits per heavy atom. The predicted octanol–water partition coefficient (Wildman–Crippen LogP) is 4.56. The van der Waals surface area contributed by atoms with Crippen molar-refractivity contribution >= 4 is 40.2 Å². The largest absolute Gasteiger partial charge is 0.331 e. The minimum absolute atomic E-state index is 0.132. The lowest BCUT2D eigenvalue weighted by molar-refractivity contribution is -0.131. The van der Waals surface area contributed by atoms with E-state index in [-0.39, 0.29) is 5.57 Å². The molecule has 6 rings (SSSR count). The topological polar surface area (TPSA) is 96.7 Å². The van der Waals surface area contributed by atoms with Gasteiger partial charge in [-0.15, -0.1) is 0 Å². The number of nitrogens with zero attached hydrogens (tertiary/aromatic N) is 4. The molecule has 1 aliphatic heterocycles. The average Bonchev–Trinajstić information content (AvgIpc) is 3.55. The molecule has 2 aromatic carbocycles. The van der Waals surface area contributed by atoms with E-state index in [4.69, 9.17) is 10.1 Å². The van der Waals surface area contributed by atoms with Crippen LogP contribution < -0.4 is 5.32 Å². The van der Waals surface area contributed by atoms with E-state index in [0.29, 0.717) is 22.3 Å². The summed E-state index contributed by atoms with van der Waals surface area (Å²) < 4.78 is 1.70. The number of barbiturate groups is 1. The van der Waals surface area contributed by atoms with E-state index in [1.807, 2.05) is 60.7 Å². The maximum atomic E-state index is 13.5. The molecule has 1 atom stereocenters. The van der Waals surface area contributed by atoms with E-state index in [1.54, 1.807) is 11.4 Å². The summed E-state index contributed by atoms with van der Waals surface area (Å²) in [6.45, 7) is 1.76. The lowest BCUT2D eigenvalue weighted by Gasteiger charge is -2.31. The maximum absolute atomic E-state index is 13.5. The standard InChI is InChI=1S/C26H21N5O3S/c1-15(16-8-4-2-5-9-16)30-24(33)19(22(32)28-25(30)34)14-20-21(17-10-6-3-7-11-17)27-26-31(20)29-23(35-26)18-12-13-18/h2-11,14-15,18H,12-13H2,1H3,(H,28,32,34)/b19-14-/t15-/m1/s1. The number of imidazole rings is 1. The summed E-state index contributed by atoms with van der Waals surface area (Å²) in [5.74, 6) is -0.938. The highest BCUT2D eigenvalue weighted by Gasteiger charge is 2.39. The molecule has 1 N–H and O–H groups in total. The van der Waals surface area contributed by atoms with Gasteiger partial charge in [0.05, 0.1) is 17.4 Å². The van der Waals surface area contributed by atoms with Crippen LogP contribution in [-0.4, -0.2) is 37.3 Å². The summed E-state index contributed by atoms with van der Waals surface area (Å²) in [7, 11) is 0. The lowest BCUT2D eigenvalue weighted by Crippen LogP contribution is -2.54. The van der Waals surface area contributed by atoms with Gasteiger partial charge in [-0.2, -0.15) is 5.10 Å². The third kappa shape index (κ3) is 3.74. The number of carbonyl (C=O) groups excluding carboxylic acids is 3. The number of nitrogens with one attached hydrogen (secondary N) is 1. The van der Waals surface area contributed by atoms with E-state index in [1.165, 1.54) is 17.4 Å². The summed E-state index contributed by atoms with van der Waals surface area (Å²) in [5.41, 5.74) is 2.66. The van der Waals surface area contributed by atoms with Crippen molar-refractivity contribution in [3.05, 3.63) is 82.5 Å². The van der Waals surface area contributed by atoms with E-state index in [0.717, 1.165) is 33.9 Å². The first kappa shape index (κ1) is 21.4. The third-order valence-electron chi connectivity index (χ3n) is 6.31. The molecule has 174 valence electrons. The smallest absolute Gasteiger partial charge is 0.273 e. The molecule has 8 nitrogen and oxygen atoms in total. The van der Waals surface area contributed by atoms with E-state index in [9.17, 15) is 14.4 Å². The molecular weight excluding hydrogens is 462 g/mol. The molecule has 3 heterocycles. The molecule has 2 aromatic heterocycles. The average molecular weight is 484 g/mol. The normalized spacial score (nSPS) is 18.4. The van der Waals surface area contributed by atoms with Crippen LogP contribution in [0.3, 0.4) is 0 Å². The van der Waals surface area contributed by atoms with Crippen molar-refractivity contribution in [3.8, 4) is 11.3 Å². The van der Waals surface area contributed by atoms with Gasteiger partial charge < -0.3 is 0 Å². The number of hydrogen-bond acceptors (Lipinski definition) is 6. The molecule has 4 amide bonds. The Kier molecular flexibility index (Phi) is 5.07. The number of benzene rings is 2. The summed E-state index contributed by atoms with van der Waals surface area (Å²) in [4.78, 5) is 45.6. The van der Waals surface area contributed by atoms with Crippen LogP contribution in [-0.2, 0) is 9.59 Å². The number of urea groups is 1. The number of amides is 4. The molecule has 0 spiro atoms. The Morgan fingerprint density at radius 2 is 1.71 bits per heavy atom. The van der Waals surface area contributed by atoms with Crippen molar-refractivity contribution in [2.45, 2.75) is 31.7 Å². The zero-order valence-corrected chi connectivity index (χ0v) is 19.7. The van der Waals surface area contributed by atoms with Gasteiger partial charge in [0, 0.05) is 11.5 Å². The molecular formula is C26H21N5O3S. The number of carbonyl (C=O) groups is 3. The van der Waals surface area contributed by atoms with E-state index >= 15 is 0 Å². The van der Waals surface area contributed by atoms with Crippen molar-refractivity contribution in [1.82, 2.24) is 24.8 Å². The van der Waals surface area contributed by atoms with Crippen molar-refractivity contribution in [3.63, 3.8) is 0 Å². The Balaban J connectivity index is 1.47.